The van der Waals surface area contributed by atoms with Crippen molar-refractivity contribution in [3.05, 3.63) is 47.8 Å². The number of rotatable bonds is 4. The molecule has 0 radical (unpaired) electrons. The van der Waals surface area contributed by atoms with Gasteiger partial charge in [-0.1, -0.05) is 0 Å². The molecule has 1 aliphatic rings. The van der Waals surface area contributed by atoms with Gasteiger partial charge in [0.05, 0.1) is 5.69 Å². The smallest absolute Gasteiger partial charge is 0.339 e. The van der Waals surface area contributed by atoms with Gasteiger partial charge in [0.25, 0.3) is 0 Å². The number of carboxylic acids is 1. The molecule has 1 saturated carbocycles. The van der Waals surface area contributed by atoms with Gasteiger partial charge in [-0.2, -0.15) is 0 Å². The normalized spacial score (nSPS) is 14.1. The van der Waals surface area contributed by atoms with Crippen LogP contribution in [-0.4, -0.2) is 22.1 Å². The minimum Gasteiger partial charge on any atom is -0.478 e. The van der Waals surface area contributed by atoms with E-state index in [9.17, 15) is 9.18 Å². The van der Waals surface area contributed by atoms with Crippen LogP contribution in [0.25, 0.3) is 11.3 Å². The molecule has 1 fully saturated rings. The summed E-state index contributed by atoms with van der Waals surface area (Å²) in [5.41, 5.74) is 1.53. The fraction of sp³-hybridized carbons (Fsp3) is 0.200. The van der Waals surface area contributed by atoms with Crippen molar-refractivity contribution in [3.63, 3.8) is 0 Å². The number of halogens is 1. The zero-order valence-electron chi connectivity index (χ0n) is 10.6. The molecule has 0 atom stereocenters. The van der Waals surface area contributed by atoms with E-state index in [-0.39, 0.29) is 11.4 Å². The Balaban J connectivity index is 1.99. The van der Waals surface area contributed by atoms with Crippen LogP contribution in [-0.2, 0) is 0 Å². The lowest BCUT2D eigenvalue weighted by molar-refractivity contribution is 0.0697. The van der Waals surface area contributed by atoms with Crippen LogP contribution in [0.4, 0.5) is 10.2 Å². The van der Waals surface area contributed by atoms with Gasteiger partial charge >= 0.3 is 5.97 Å². The average molecular weight is 272 g/mol. The number of anilines is 1. The highest BCUT2D eigenvalue weighted by atomic mass is 19.1. The molecule has 0 saturated heterocycles. The number of carbonyl (C=O) groups is 1. The largest absolute Gasteiger partial charge is 0.478 e. The summed E-state index contributed by atoms with van der Waals surface area (Å²) in [5, 5.41) is 12.3. The number of nitrogens with zero attached hydrogens (tertiary/aromatic N) is 1. The molecule has 1 heterocycles. The number of hydrogen-bond donors (Lipinski definition) is 2. The minimum absolute atomic E-state index is 0.155. The summed E-state index contributed by atoms with van der Waals surface area (Å²) in [5.74, 6) is -0.944. The van der Waals surface area contributed by atoms with E-state index in [2.05, 4.69) is 10.3 Å². The Morgan fingerprint density at radius 2 is 1.90 bits per heavy atom. The molecule has 3 rings (SSSR count). The Bertz CT molecular complexity index is 651. The molecule has 20 heavy (non-hydrogen) atoms. The van der Waals surface area contributed by atoms with Gasteiger partial charge < -0.3 is 10.4 Å². The molecular weight excluding hydrogens is 259 g/mol. The summed E-state index contributed by atoms with van der Waals surface area (Å²) in [6, 6.07) is 9.43. The summed E-state index contributed by atoms with van der Waals surface area (Å²) >= 11 is 0. The number of pyridine rings is 1. The number of benzene rings is 1. The van der Waals surface area contributed by atoms with Gasteiger partial charge in [-0.3, -0.25) is 0 Å². The first-order valence-electron chi connectivity index (χ1n) is 6.40. The van der Waals surface area contributed by atoms with E-state index >= 15 is 0 Å². The number of aromatic carboxylic acids is 1. The number of aromatic nitrogens is 1. The van der Waals surface area contributed by atoms with Crippen molar-refractivity contribution in [2.24, 2.45) is 0 Å². The Morgan fingerprint density at radius 1 is 1.20 bits per heavy atom. The summed E-state index contributed by atoms with van der Waals surface area (Å²) in [6.07, 6.45) is 2.06. The second-order valence-electron chi connectivity index (χ2n) is 4.82. The van der Waals surface area contributed by atoms with Crippen molar-refractivity contribution >= 4 is 11.8 Å². The van der Waals surface area contributed by atoms with Gasteiger partial charge in [0.1, 0.15) is 17.2 Å². The van der Waals surface area contributed by atoms with Crippen LogP contribution in [0.3, 0.4) is 0 Å². The molecule has 102 valence electrons. The third kappa shape index (κ3) is 2.61. The quantitative estimate of drug-likeness (QED) is 0.897. The van der Waals surface area contributed by atoms with Crippen LogP contribution >= 0.6 is 0 Å². The standard InChI is InChI=1S/C15H13FN2O2/c16-10-3-1-9(2-4-10)13-8-7-12(15(19)20)14(18-13)17-11-5-6-11/h1-4,7-8,11H,5-6H2,(H,17,18)(H,19,20). The maximum Gasteiger partial charge on any atom is 0.339 e. The first kappa shape index (κ1) is 12.6. The van der Waals surface area contributed by atoms with Crippen LogP contribution < -0.4 is 5.32 Å². The summed E-state index contributed by atoms with van der Waals surface area (Å²) in [7, 11) is 0. The second kappa shape index (κ2) is 4.92. The molecule has 5 heteroatoms. The number of nitrogens with one attached hydrogen (secondary N) is 1. The van der Waals surface area contributed by atoms with Crippen LogP contribution in [0.2, 0.25) is 0 Å². The summed E-state index contributed by atoms with van der Waals surface area (Å²) in [4.78, 5) is 15.5. The van der Waals surface area contributed by atoms with E-state index in [1.165, 1.54) is 18.2 Å². The molecule has 0 bridgehead atoms. The highest BCUT2D eigenvalue weighted by Crippen LogP contribution is 2.28. The highest BCUT2D eigenvalue weighted by molar-refractivity contribution is 5.93. The predicted molar refractivity (Wildman–Crippen MR) is 73.2 cm³/mol. The second-order valence-corrected chi connectivity index (χ2v) is 4.82. The molecule has 0 spiro atoms. The average Bonchev–Trinajstić information content (AvgIpc) is 3.23. The van der Waals surface area contributed by atoms with Crippen molar-refractivity contribution in [2.75, 3.05) is 5.32 Å². The molecule has 4 nitrogen and oxygen atoms in total. The van der Waals surface area contributed by atoms with E-state index in [4.69, 9.17) is 5.11 Å². The minimum atomic E-state index is -1.01. The Kier molecular flexibility index (Phi) is 3.10. The molecule has 1 aromatic carbocycles. The topological polar surface area (TPSA) is 62.2 Å². The molecule has 1 aliphatic carbocycles. The number of carboxylic acid groups (broad SMARTS) is 1. The Labute approximate surface area is 115 Å². The van der Waals surface area contributed by atoms with Crippen molar-refractivity contribution in [3.8, 4) is 11.3 Å². The highest BCUT2D eigenvalue weighted by Gasteiger charge is 2.24. The Hall–Kier alpha value is -2.43. The van der Waals surface area contributed by atoms with E-state index in [0.717, 1.165) is 18.4 Å². The van der Waals surface area contributed by atoms with E-state index < -0.39 is 5.97 Å². The number of hydrogen-bond acceptors (Lipinski definition) is 3. The predicted octanol–water partition coefficient (Wildman–Crippen LogP) is 3.16. The van der Waals surface area contributed by atoms with Gasteiger partial charge in [-0.15, -0.1) is 0 Å². The molecular formula is C15H13FN2O2. The molecule has 1 aromatic heterocycles. The first-order valence-corrected chi connectivity index (χ1v) is 6.40. The van der Waals surface area contributed by atoms with Crippen molar-refractivity contribution in [1.29, 1.82) is 0 Å². The van der Waals surface area contributed by atoms with Crippen molar-refractivity contribution < 1.29 is 14.3 Å². The summed E-state index contributed by atoms with van der Waals surface area (Å²) in [6.45, 7) is 0. The molecule has 2 N–H and O–H groups in total. The zero-order valence-corrected chi connectivity index (χ0v) is 10.6. The first-order chi connectivity index (χ1) is 9.63. The lowest BCUT2D eigenvalue weighted by Crippen LogP contribution is -2.10. The summed E-state index contributed by atoms with van der Waals surface area (Å²) < 4.78 is 12.9. The van der Waals surface area contributed by atoms with E-state index in [1.807, 2.05) is 0 Å². The Morgan fingerprint density at radius 3 is 2.50 bits per heavy atom. The van der Waals surface area contributed by atoms with Crippen LogP contribution in [0.1, 0.15) is 23.2 Å². The fourth-order valence-corrected chi connectivity index (χ4v) is 1.94. The SMILES string of the molecule is O=C(O)c1ccc(-c2ccc(F)cc2)nc1NC1CC1. The van der Waals surface area contributed by atoms with Gasteiger partial charge in [-0.05, 0) is 49.2 Å². The van der Waals surface area contributed by atoms with Crippen LogP contribution in [0.5, 0.6) is 0 Å². The van der Waals surface area contributed by atoms with E-state index in [0.29, 0.717) is 17.6 Å². The van der Waals surface area contributed by atoms with E-state index in [1.54, 1.807) is 18.2 Å². The van der Waals surface area contributed by atoms with Crippen LogP contribution in [0, 0.1) is 5.82 Å². The molecule has 0 aliphatic heterocycles. The zero-order chi connectivity index (χ0) is 14.1. The lowest BCUT2D eigenvalue weighted by Gasteiger charge is -2.10. The molecule has 0 unspecified atom stereocenters. The van der Waals surface area contributed by atoms with Crippen molar-refractivity contribution in [2.45, 2.75) is 18.9 Å². The third-order valence-electron chi connectivity index (χ3n) is 3.18. The maximum atomic E-state index is 12.9. The van der Waals surface area contributed by atoms with Gasteiger partial charge in [-0.25, -0.2) is 14.2 Å². The lowest BCUT2D eigenvalue weighted by atomic mass is 10.1. The van der Waals surface area contributed by atoms with Gasteiger partial charge in [0.15, 0.2) is 0 Å². The monoisotopic (exact) mass is 272 g/mol. The van der Waals surface area contributed by atoms with Gasteiger partial charge in [0.2, 0.25) is 0 Å². The maximum absolute atomic E-state index is 12.9. The van der Waals surface area contributed by atoms with Gasteiger partial charge in [0, 0.05) is 11.6 Å². The third-order valence-corrected chi connectivity index (χ3v) is 3.18. The fourth-order valence-electron chi connectivity index (χ4n) is 1.94. The van der Waals surface area contributed by atoms with Crippen molar-refractivity contribution in [1.82, 2.24) is 4.98 Å². The molecule has 0 amide bonds. The molecule has 2 aromatic rings. The van der Waals surface area contributed by atoms with Crippen LogP contribution in [0.15, 0.2) is 36.4 Å².